The molecule has 2 amide bonds. The van der Waals surface area contributed by atoms with Crippen molar-refractivity contribution in [1.82, 2.24) is 4.90 Å². The fourth-order valence-corrected chi connectivity index (χ4v) is 2.01. The molecule has 0 unspecified atom stereocenters. The molecule has 0 saturated carbocycles. The first-order chi connectivity index (χ1) is 9.45. The summed E-state index contributed by atoms with van der Waals surface area (Å²) in [5, 5.41) is 21.8. The van der Waals surface area contributed by atoms with Crippen molar-refractivity contribution >= 4 is 23.4 Å². The Kier molecular flexibility index (Phi) is 3.83. The number of amides is 2. The van der Waals surface area contributed by atoms with E-state index < -0.39 is 10.9 Å². The molecule has 0 atom stereocenters. The van der Waals surface area contributed by atoms with Crippen LogP contribution in [0.3, 0.4) is 0 Å². The second-order valence-electron chi connectivity index (χ2n) is 4.61. The average molecular weight is 279 g/mol. The highest BCUT2D eigenvalue weighted by Gasteiger charge is 2.32. The van der Waals surface area contributed by atoms with E-state index in [0.717, 1.165) is 0 Å². The number of hydrogen-bond acceptors (Lipinski definition) is 4. The molecule has 1 aromatic rings. The van der Waals surface area contributed by atoms with Gasteiger partial charge in [0.2, 0.25) is 0 Å². The van der Waals surface area contributed by atoms with Crippen LogP contribution in [0.2, 0.25) is 0 Å². The standard InChI is InChI=1S/C12H13N3O5/c16-11(17)4-8-6-14(7-8)12(18)13-9-2-1-3-10(5-9)15(19)20/h1-3,5,8H,4,6-7H2,(H,13,18)(H,16,17). The summed E-state index contributed by atoms with van der Waals surface area (Å²) < 4.78 is 0. The molecular formula is C12H13N3O5. The van der Waals surface area contributed by atoms with Gasteiger partial charge in [0, 0.05) is 36.8 Å². The maximum atomic E-state index is 11.8. The summed E-state index contributed by atoms with van der Waals surface area (Å²) in [4.78, 5) is 33.8. The lowest BCUT2D eigenvalue weighted by Crippen LogP contribution is -2.52. The van der Waals surface area contributed by atoms with Crippen molar-refractivity contribution in [2.75, 3.05) is 18.4 Å². The number of likely N-dealkylation sites (tertiary alicyclic amines) is 1. The van der Waals surface area contributed by atoms with Crippen molar-refractivity contribution in [3.05, 3.63) is 34.4 Å². The van der Waals surface area contributed by atoms with Gasteiger partial charge in [-0.3, -0.25) is 14.9 Å². The Morgan fingerprint density at radius 3 is 2.75 bits per heavy atom. The van der Waals surface area contributed by atoms with E-state index >= 15 is 0 Å². The van der Waals surface area contributed by atoms with Crippen LogP contribution in [0.5, 0.6) is 0 Å². The van der Waals surface area contributed by atoms with Gasteiger partial charge in [-0.25, -0.2) is 4.79 Å². The average Bonchev–Trinajstić information content (AvgIpc) is 2.33. The Bertz CT molecular complexity index is 554. The molecule has 2 N–H and O–H groups in total. The summed E-state index contributed by atoms with van der Waals surface area (Å²) in [6, 6.07) is 5.26. The second-order valence-corrected chi connectivity index (χ2v) is 4.61. The molecule has 0 aromatic heterocycles. The highest BCUT2D eigenvalue weighted by atomic mass is 16.6. The first-order valence-electron chi connectivity index (χ1n) is 5.98. The van der Waals surface area contributed by atoms with E-state index in [9.17, 15) is 19.7 Å². The minimum Gasteiger partial charge on any atom is -0.481 e. The van der Waals surface area contributed by atoms with E-state index in [0.29, 0.717) is 18.8 Å². The molecule has 106 valence electrons. The molecule has 20 heavy (non-hydrogen) atoms. The van der Waals surface area contributed by atoms with Crippen molar-refractivity contribution in [1.29, 1.82) is 0 Å². The number of hydrogen-bond donors (Lipinski definition) is 2. The monoisotopic (exact) mass is 279 g/mol. The molecule has 1 saturated heterocycles. The van der Waals surface area contributed by atoms with Crippen LogP contribution in [0.25, 0.3) is 0 Å². The van der Waals surface area contributed by atoms with Crippen LogP contribution >= 0.6 is 0 Å². The van der Waals surface area contributed by atoms with Crippen LogP contribution in [-0.2, 0) is 4.79 Å². The minimum absolute atomic E-state index is 0.0247. The number of anilines is 1. The van der Waals surface area contributed by atoms with Crippen LogP contribution in [-0.4, -0.2) is 40.0 Å². The van der Waals surface area contributed by atoms with Gasteiger partial charge in [-0.05, 0) is 6.07 Å². The molecule has 0 aliphatic carbocycles. The van der Waals surface area contributed by atoms with E-state index in [1.54, 1.807) is 6.07 Å². The van der Waals surface area contributed by atoms with Gasteiger partial charge in [0.15, 0.2) is 0 Å². The second kappa shape index (κ2) is 5.55. The number of non-ortho nitro benzene ring substituents is 1. The number of rotatable bonds is 4. The summed E-state index contributed by atoms with van der Waals surface area (Å²) in [5.41, 5.74) is 0.237. The van der Waals surface area contributed by atoms with Crippen LogP contribution < -0.4 is 5.32 Å². The molecule has 1 aromatic carbocycles. The van der Waals surface area contributed by atoms with Gasteiger partial charge in [0.25, 0.3) is 5.69 Å². The van der Waals surface area contributed by atoms with Gasteiger partial charge < -0.3 is 15.3 Å². The molecular weight excluding hydrogens is 266 g/mol. The maximum Gasteiger partial charge on any atom is 0.321 e. The Labute approximate surface area is 114 Å². The zero-order chi connectivity index (χ0) is 14.7. The van der Waals surface area contributed by atoms with Crippen LogP contribution in [0.1, 0.15) is 6.42 Å². The molecule has 0 spiro atoms. The van der Waals surface area contributed by atoms with Crippen LogP contribution in [0.15, 0.2) is 24.3 Å². The molecule has 0 radical (unpaired) electrons. The first kappa shape index (κ1) is 13.8. The minimum atomic E-state index is -0.881. The molecule has 8 nitrogen and oxygen atoms in total. The predicted octanol–water partition coefficient (Wildman–Crippen LogP) is 1.53. The molecule has 2 rings (SSSR count). The molecule has 1 fully saturated rings. The highest BCUT2D eigenvalue weighted by Crippen LogP contribution is 2.22. The molecule has 8 heteroatoms. The number of nitrogens with zero attached hydrogens (tertiary/aromatic N) is 2. The zero-order valence-electron chi connectivity index (χ0n) is 10.5. The van der Waals surface area contributed by atoms with E-state index in [4.69, 9.17) is 5.11 Å². The number of benzene rings is 1. The van der Waals surface area contributed by atoms with E-state index in [1.807, 2.05) is 0 Å². The predicted molar refractivity (Wildman–Crippen MR) is 69.4 cm³/mol. The number of carbonyl (C=O) groups excluding carboxylic acids is 1. The number of carboxylic acids is 1. The maximum absolute atomic E-state index is 11.8. The lowest BCUT2D eigenvalue weighted by atomic mass is 9.97. The van der Waals surface area contributed by atoms with Gasteiger partial charge >= 0.3 is 12.0 Å². The number of nitrogens with one attached hydrogen (secondary N) is 1. The zero-order valence-corrected chi connectivity index (χ0v) is 10.5. The van der Waals surface area contributed by atoms with Crippen molar-refractivity contribution in [2.45, 2.75) is 6.42 Å². The third-order valence-electron chi connectivity index (χ3n) is 3.02. The number of carbonyl (C=O) groups is 2. The Balaban J connectivity index is 1.88. The number of aliphatic carboxylic acids is 1. The van der Waals surface area contributed by atoms with Crippen molar-refractivity contribution < 1.29 is 19.6 Å². The highest BCUT2D eigenvalue weighted by molar-refractivity contribution is 5.90. The third-order valence-corrected chi connectivity index (χ3v) is 3.02. The smallest absolute Gasteiger partial charge is 0.321 e. The van der Waals surface area contributed by atoms with E-state index in [2.05, 4.69) is 5.32 Å². The van der Waals surface area contributed by atoms with Crippen LogP contribution in [0.4, 0.5) is 16.2 Å². The Morgan fingerprint density at radius 2 is 2.15 bits per heavy atom. The molecule has 1 heterocycles. The molecule has 1 aliphatic rings. The first-order valence-corrected chi connectivity index (χ1v) is 5.98. The van der Waals surface area contributed by atoms with Gasteiger partial charge in [-0.15, -0.1) is 0 Å². The van der Waals surface area contributed by atoms with Gasteiger partial charge in [-0.2, -0.15) is 0 Å². The summed E-state index contributed by atoms with van der Waals surface area (Å²) >= 11 is 0. The SMILES string of the molecule is O=C(O)CC1CN(C(=O)Nc2cccc([N+](=O)[O-])c2)C1. The Hall–Kier alpha value is -2.64. The van der Waals surface area contributed by atoms with Gasteiger partial charge in [-0.1, -0.05) is 6.07 Å². The number of carboxylic acid groups (broad SMARTS) is 1. The summed E-state index contributed by atoms with van der Waals surface area (Å²) in [6.45, 7) is 0.764. The number of nitro groups is 1. The quantitative estimate of drug-likeness (QED) is 0.641. The third kappa shape index (κ3) is 3.22. The number of urea groups is 1. The normalized spacial score (nSPS) is 14.5. The molecule has 0 bridgehead atoms. The van der Waals surface area contributed by atoms with Crippen molar-refractivity contribution in [2.24, 2.45) is 5.92 Å². The summed E-state index contributed by atoms with van der Waals surface area (Å²) in [5.74, 6) is -0.905. The summed E-state index contributed by atoms with van der Waals surface area (Å²) in [6.07, 6.45) is 0.0423. The Morgan fingerprint density at radius 1 is 1.45 bits per heavy atom. The lowest BCUT2D eigenvalue weighted by molar-refractivity contribution is -0.384. The largest absolute Gasteiger partial charge is 0.481 e. The fourth-order valence-electron chi connectivity index (χ4n) is 2.01. The van der Waals surface area contributed by atoms with Gasteiger partial charge in [0.1, 0.15) is 0 Å². The van der Waals surface area contributed by atoms with Crippen molar-refractivity contribution in [3.63, 3.8) is 0 Å². The topological polar surface area (TPSA) is 113 Å². The van der Waals surface area contributed by atoms with Crippen LogP contribution in [0, 0.1) is 16.0 Å². The van der Waals surface area contributed by atoms with Crippen molar-refractivity contribution in [3.8, 4) is 0 Å². The van der Waals surface area contributed by atoms with E-state index in [-0.39, 0.29) is 24.1 Å². The summed E-state index contributed by atoms with van der Waals surface area (Å²) in [7, 11) is 0. The van der Waals surface area contributed by atoms with E-state index in [1.165, 1.54) is 23.1 Å². The lowest BCUT2D eigenvalue weighted by Gasteiger charge is -2.38. The fraction of sp³-hybridized carbons (Fsp3) is 0.333. The number of nitro benzene ring substituents is 1. The molecule has 1 aliphatic heterocycles. The van der Waals surface area contributed by atoms with Gasteiger partial charge in [0.05, 0.1) is 11.3 Å².